The van der Waals surface area contributed by atoms with Crippen molar-refractivity contribution in [1.29, 1.82) is 0 Å². The summed E-state index contributed by atoms with van der Waals surface area (Å²) in [5.41, 5.74) is 3.45. The number of methoxy groups -OCH3 is 2. The normalized spacial score (nSPS) is 12.1. The molecule has 0 unspecified atom stereocenters. The molecule has 1 aliphatic carbocycles. The van der Waals surface area contributed by atoms with E-state index in [2.05, 4.69) is 4.98 Å². The summed E-state index contributed by atoms with van der Waals surface area (Å²) >= 11 is 0. The molecule has 0 saturated heterocycles. The number of pyridine rings is 1. The second-order valence-electron chi connectivity index (χ2n) is 8.15. The largest absolute Gasteiger partial charge is 0.494 e. The number of allylic oxidation sites excluding steroid dienone is 1. The Hall–Kier alpha value is -4.04. The van der Waals surface area contributed by atoms with Crippen molar-refractivity contribution >= 4 is 17.1 Å². The van der Waals surface area contributed by atoms with Crippen molar-refractivity contribution < 1.29 is 33.3 Å². The summed E-state index contributed by atoms with van der Waals surface area (Å²) in [6.07, 6.45) is 2.52. The molecule has 1 aromatic heterocycles. The number of carbonyl (C=O) groups excluding carboxylic acids is 2. The van der Waals surface area contributed by atoms with E-state index in [0.29, 0.717) is 40.5 Å². The SMILES string of the molecule is COc1cc(C(=O)CCC(=O)c2ccc(OC)c(C3=CCc4ccc(F)cc43)n2)ccc1OCCO. The molecule has 1 aliphatic rings. The van der Waals surface area contributed by atoms with E-state index in [9.17, 15) is 14.0 Å². The van der Waals surface area contributed by atoms with Gasteiger partial charge in [0, 0.05) is 24.0 Å². The molecule has 36 heavy (non-hydrogen) atoms. The zero-order valence-electron chi connectivity index (χ0n) is 20.0. The maximum atomic E-state index is 13.9. The summed E-state index contributed by atoms with van der Waals surface area (Å²) in [5.74, 6) is 0.380. The monoisotopic (exact) mass is 491 g/mol. The summed E-state index contributed by atoms with van der Waals surface area (Å²) in [5, 5.41) is 8.93. The van der Waals surface area contributed by atoms with Crippen molar-refractivity contribution in [3.63, 3.8) is 0 Å². The van der Waals surface area contributed by atoms with Crippen LogP contribution in [0.4, 0.5) is 4.39 Å². The van der Waals surface area contributed by atoms with Gasteiger partial charge in [-0.25, -0.2) is 9.37 Å². The zero-order chi connectivity index (χ0) is 25.7. The van der Waals surface area contributed by atoms with Crippen LogP contribution in [0.5, 0.6) is 17.2 Å². The van der Waals surface area contributed by atoms with Crippen LogP contribution >= 0.6 is 0 Å². The van der Waals surface area contributed by atoms with E-state index in [-0.39, 0.29) is 49.1 Å². The number of aromatic nitrogens is 1. The van der Waals surface area contributed by atoms with Gasteiger partial charge in [0.05, 0.1) is 20.8 Å². The van der Waals surface area contributed by atoms with Gasteiger partial charge in [-0.2, -0.15) is 0 Å². The van der Waals surface area contributed by atoms with Gasteiger partial charge in [-0.3, -0.25) is 9.59 Å². The highest BCUT2D eigenvalue weighted by Crippen LogP contribution is 2.36. The highest BCUT2D eigenvalue weighted by Gasteiger charge is 2.23. The lowest BCUT2D eigenvalue weighted by Gasteiger charge is -2.12. The third kappa shape index (κ3) is 5.28. The second-order valence-corrected chi connectivity index (χ2v) is 8.15. The Morgan fingerprint density at radius 2 is 1.69 bits per heavy atom. The number of aliphatic hydroxyl groups is 1. The van der Waals surface area contributed by atoms with Crippen molar-refractivity contribution in [2.45, 2.75) is 19.3 Å². The fourth-order valence-electron chi connectivity index (χ4n) is 4.10. The quantitative estimate of drug-likeness (QED) is 0.396. The molecule has 1 heterocycles. The molecule has 0 aliphatic heterocycles. The number of carbonyl (C=O) groups is 2. The van der Waals surface area contributed by atoms with Crippen molar-refractivity contribution in [2.75, 3.05) is 27.4 Å². The molecule has 0 radical (unpaired) electrons. The molecule has 8 heteroatoms. The van der Waals surface area contributed by atoms with E-state index in [1.165, 1.54) is 26.4 Å². The van der Waals surface area contributed by atoms with Crippen LogP contribution in [-0.4, -0.2) is 49.1 Å². The van der Waals surface area contributed by atoms with Crippen molar-refractivity contribution in [3.05, 3.63) is 88.5 Å². The van der Waals surface area contributed by atoms with Gasteiger partial charge < -0.3 is 19.3 Å². The highest BCUT2D eigenvalue weighted by molar-refractivity contribution is 6.02. The number of rotatable bonds is 11. The third-order valence-electron chi connectivity index (χ3n) is 5.92. The first-order chi connectivity index (χ1) is 17.4. The van der Waals surface area contributed by atoms with E-state index >= 15 is 0 Å². The number of ketones is 2. The summed E-state index contributed by atoms with van der Waals surface area (Å²) < 4.78 is 30.0. The van der Waals surface area contributed by atoms with E-state index in [4.69, 9.17) is 19.3 Å². The first-order valence-electron chi connectivity index (χ1n) is 11.5. The number of nitrogens with zero attached hydrogens (tertiary/aromatic N) is 1. The van der Waals surface area contributed by atoms with Crippen molar-refractivity contribution in [2.24, 2.45) is 0 Å². The van der Waals surface area contributed by atoms with Gasteiger partial charge in [-0.1, -0.05) is 12.1 Å². The molecular formula is C28H26FNO6. The maximum absolute atomic E-state index is 13.9. The highest BCUT2D eigenvalue weighted by atomic mass is 19.1. The molecule has 0 spiro atoms. The number of benzene rings is 2. The average Bonchev–Trinajstić information content (AvgIpc) is 3.32. The number of Topliss-reactive ketones (excluding diaryl/α,β-unsaturated/α-hetero) is 2. The van der Waals surface area contributed by atoms with Crippen LogP contribution in [0.15, 0.2) is 54.6 Å². The van der Waals surface area contributed by atoms with Gasteiger partial charge in [0.25, 0.3) is 0 Å². The van der Waals surface area contributed by atoms with Gasteiger partial charge in [-0.05, 0) is 60.0 Å². The number of hydrogen-bond donors (Lipinski definition) is 1. The summed E-state index contributed by atoms with van der Waals surface area (Å²) in [7, 11) is 2.97. The van der Waals surface area contributed by atoms with Gasteiger partial charge in [0.1, 0.15) is 29.6 Å². The van der Waals surface area contributed by atoms with Gasteiger partial charge in [0.15, 0.2) is 23.1 Å². The van der Waals surface area contributed by atoms with Crippen LogP contribution in [0.3, 0.4) is 0 Å². The molecule has 7 nitrogen and oxygen atoms in total. The second kappa shape index (κ2) is 11.1. The minimum Gasteiger partial charge on any atom is -0.494 e. The molecule has 0 atom stereocenters. The number of aliphatic hydroxyl groups excluding tert-OH is 1. The van der Waals surface area contributed by atoms with E-state index in [0.717, 1.165) is 11.1 Å². The van der Waals surface area contributed by atoms with Gasteiger partial charge in [0.2, 0.25) is 0 Å². The Labute approximate surface area is 208 Å². The van der Waals surface area contributed by atoms with Gasteiger partial charge in [-0.15, -0.1) is 0 Å². The first-order valence-corrected chi connectivity index (χ1v) is 11.5. The van der Waals surface area contributed by atoms with Crippen molar-refractivity contribution in [3.8, 4) is 17.2 Å². The lowest BCUT2D eigenvalue weighted by Crippen LogP contribution is -2.09. The Morgan fingerprint density at radius 3 is 2.44 bits per heavy atom. The molecule has 1 N–H and O–H groups in total. The molecule has 0 saturated carbocycles. The zero-order valence-corrected chi connectivity index (χ0v) is 20.0. The predicted molar refractivity (Wildman–Crippen MR) is 131 cm³/mol. The molecular weight excluding hydrogens is 465 g/mol. The van der Waals surface area contributed by atoms with E-state index in [1.54, 1.807) is 36.4 Å². The van der Waals surface area contributed by atoms with Crippen LogP contribution in [0.25, 0.3) is 5.57 Å². The molecule has 4 rings (SSSR count). The fraction of sp³-hybridized carbons (Fsp3) is 0.250. The smallest absolute Gasteiger partial charge is 0.181 e. The third-order valence-corrected chi connectivity index (χ3v) is 5.92. The Kier molecular flexibility index (Phi) is 7.75. The topological polar surface area (TPSA) is 95.0 Å². The maximum Gasteiger partial charge on any atom is 0.181 e. The summed E-state index contributed by atoms with van der Waals surface area (Å²) in [6.45, 7) is -0.0415. The molecule has 186 valence electrons. The lowest BCUT2D eigenvalue weighted by molar-refractivity contribution is 0.0914. The molecule has 0 bridgehead atoms. The molecule has 3 aromatic rings. The minimum absolute atomic E-state index is 0.0153. The van der Waals surface area contributed by atoms with Crippen LogP contribution in [0, 0.1) is 5.82 Å². The number of halogens is 1. The van der Waals surface area contributed by atoms with Crippen LogP contribution in [-0.2, 0) is 6.42 Å². The van der Waals surface area contributed by atoms with Crippen molar-refractivity contribution in [1.82, 2.24) is 4.98 Å². The first kappa shape index (κ1) is 25.1. The standard InChI is InChI=1S/C28H26FNO6/c1-34-26-12-8-22(30-28(26)20-7-4-17-3-6-19(29)16-21(17)20)24(33)10-9-23(32)18-5-11-25(36-14-13-31)27(15-18)35-2/h3,5-8,11-12,15-16,31H,4,9-10,13-14H2,1-2H3. The van der Waals surface area contributed by atoms with Crippen LogP contribution in [0.2, 0.25) is 0 Å². The molecule has 0 fully saturated rings. The Morgan fingerprint density at radius 1 is 0.944 bits per heavy atom. The van der Waals surface area contributed by atoms with Crippen LogP contribution in [0.1, 0.15) is 50.5 Å². The fourth-order valence-corrected chi connectivity index (χ4v) is 4.10. The van der Waals surface area contributed by atoms with Crippen LogP contribution < -0.4 is 14.2 Å². The predicted octanol–water partition coefficient (Wildman–Crippen LogP) is 4.44. The Bertz CT molecular complexity index is 1330. The summed E-state index contributed by atoms with van der Waals surface area (Å²) in [6, 6.07) is 12.6. The number of ether oxygens (including phenoxy) is 3. The lowest BCUT2D eigenvalue weighted by atomic mass is 10.0. The summed E-state index contributed by atoms with van der Waals surface area (Å²) in [4.78, 5) is 30.2. The minimum atomic E-state index is -0.351. The van der Waals surface area contributed by atoms with Gasteiger partial charge >= 0.3 is 0 Å². The van der Waals surface area contributed by atoms with E-state index < -0.39 is 0 Å². The number of hydrogen-bond acceptors (Lipinski definition) is 7. The molecule has 2 aromatic carbocycles. The van der Waals surface area contributed by atoms with E-state index in [1.807, 2.05) is 6.08 Å². The Balaban J connectivity index is 1.49. The average molecular weight is 492 g/mol. The molecule has 0 amide bonds. The number of fused-ring (bicyclic) bond motifs is 1.